The minimum atomic E-state index is 0.0315. The fourth-order valence-electron chi connectivity index (χ4n) is 1.95. The Hall–Kier alpha value is -0.610. The molecule has 0 radical (unpaired) electrons. The van der Waals surface area contributed by atoms with Gasteiger partial charge in [-0.2, -0.15) is 0 Å². The molecule has 0 aromatic carbocycles. The van der Waals surface area contributed by atoms with Crippen LogP contribution in [0, 0.1) is 0 Å². The van der Waals surface area contributed by atoms with Crippen LogP contribution in [0.15, 0.2) is 0 Å². The van der Waals surface area contributed by atoms with Gasteiger partial charge < -0.3 is 15.5 Å². The van der Waals surface area contributed by atoms with Crippen LogP contribution in [0.5, 0.6) is 0 Å². The molecule has 0 spiro atoms. The number of nitrogens with zero attached hydrogens (tertiary/aromatic N) is 2. The molecule has 4 nitrogen and oxygen atoms in total. The van der Waals surface area contributed by atoms with E-state index >= 15 is 0 Å². The quantitative estimate of drug-likeness (QED) is 0.690. The summed E-state index contributed by atoms with van der Waals surface area (Å²) in [4.78, 5) is 15.4. The topological polar surface area (TPSA) is 49.6 Å². The van der Waals surface area contributed by atoms with Crippen LogP contribution < -0.4 is 5.73 Å². The summed E-state index contributed by atoms with van der Waals surface area (Å²) in [5.41, 5.74) is 5.31. The van der Waals surface area contributed by atoms with Gasteiger partial charge in [0, 0.05) is 19.6 Å². The highest BCUT2D eigenvalue weighted by Gasteiger charge is 2.21. The predicted molar refractivity (Wildman–Crippen MR) is 57.0 cm³/mol. The highest BCUT2D eigenvalue weighted by molar-refractivity contribution is 5.77. The first kappa shape index (κ1) is 11.5. The van der Waals surface area contributed by atoms with Crippen LogP contribution in [0.2, 0.25) is 0 Å². The van der Waals surface area contributed by atoms with E-state index in [0.29, 0.717) is 6.04 Å². The van der Waals surface area contributed by atoms with Crippen molar-refractivity contribution in [2.45, 2.75) is 25.3 Å². The fourth-order valence-corrected chi connectivity index (χ4v) is 1.95. The summed E-state index contributed by atoms with van der Waals surface area (Å²) in [5, 5.41) is 0. The molecular formula is C10H21N3O. The molecule has 1 atom stereocenters. The Kier molecular flexibility index (Phi) is 4.35. The third-order valence-electron chi connectivity index (χ3n) is 3.01. The zero-order valence-corrected chi connectivity index (χ0v) is 9.20. The van der Waals surface area contributed by atoms with Gasteiger partial charge >= 0.3 is 0 Å². The molecule has 14 heavy (non-hydrogen) atoms. The van der Waals surface area contributed by atoms with Gasteiger partial charge in [0.1, 0.15) is 0 Å². The summed E-state index contributed by atoms with van der Waals surface area (Å²) < 4.78 is 0. The molecule has 0 bridgehead atoms. The van der Waals surface area contributed by atoms with E-state index in [2.05, 4.69) is 11.9 Å². The van der Waals surface area contributed by atoms with Crippen molar-refractivity contribution in [1.29, 1.82) is 0 Å². The second-order valence-corrected chi connectivity index (χ2v) is 4.11. The number of hydrogen-bond donors (Lipinski definition) is 1. The Bertz CT molecular complexity index is 196. The van der Waals surface area contributed by atoms with Crippen molar-refractivity contribution in [2.24, 2.45) is 5.73 Å². The monoisotopic (exact) mass is 199 g/mol. The Labute approximate surface area is 86.0 Å². The van der Waals surface area contributed by atoms with Crippen molar-refractivity contribution in [3.05, 3.63) is 0 Å². The largest absolute Gasteiger partial charge is 0.343 e. The van der Waals surface area contributed by atoms with E-state index in [4.69, 9.17) is 5.73 Å². The standard InChI is InChI=1S/C10H21N3O/c1-12-6-4-3-5-9(12)8-13(2)10(14)7-11/h9H,3-8,11H2,1-2H3. The van der Waals surface area contributed by atoms with E-state index in [0.717, 1.165) is 13.1 Å². The molecule has 1 saturated heterocycles. The summed E-state index contributed by atoms with van der Waals surface area (Å²) in [7, 11) is 3.96. The van der Waals surface area contributed by atoms with Gasteiger partial charge in [-0.05, 0) is 26.4 Å². The van der Waals surface area contributed by atoms with Crippen molar-refractivity contribution in [2.75, 3.05) is 33.7 Å². The first-order valence-electron chi connectivity index (χ1n) is 5.29. The number of piperidine rings is 1. The number of nitrogens with two attached hydrogens (primary N) is 1. The van der Waals surface area contributed by atoms with Gasteiger partial charge in [0.05, 0.1) is 6.54 Å². The number of amides is 1. The molecule has 1 aliphatic rings. The minimum absolute atomic E-state index is 0.0315. The molecule has 1 aliphatic heterocycles. The molecule has 0 aromatic heterocycles. The van der Waals surface area contributed by atoms with Crippen LogP contribution in [-0.2, 0) is 4.79 Å². The maximum atomic E-state index is 11.3. The molecule has 1 heterocycles. The summed E-state index contributed by atoms with van der Waals surface area (Å²) >= 11 is 0. The normalized spacial score (nSPS) is 23.5. The highest BCUT2D eigenvalue weighted by Crippen LogP contribution is 2.15. The number of hydrogen-bond acceptors (Lipinski definition) is 3. The summed E-state index contributed by atoms with van der Waals surface area (Å²) in [6.07, 6.45) is 3.75. The van der Waals surface area contributed by atoms with Crippen molar-refractivity contribution in [3.8, 4) is 0 Å². The van der Waals surface area contributed by atoms with E-state index in [1.807, 2.05) is 7.05 Å². The molecule has 1 unspecified atom stereocenters. The second kappa shape index (κ2) is 5.32. The minimum Gasteiger partial charge on any atom is -0.343 e. The van der Waals surface area contributed by atoms with Crippen molar-refractivity contribution in [3.63, 3.8) is 0 Å². The Balaban J connectivity index is 2.38. The lowest BCUT2D eigenvalue weighted by molar-refractivity contribution is -0.129. The Morgan fingerprint density at radius 2 is 2.29 bits per heavy atom. The van der Waals surface area contributed by atoms with Gasteiger partial charge in [0.15, 0.2) is 0 Å². The summed E-state index contributed by atoms with van der Waals surface area (Å²) in [6, 6.07) is 0.518. The van der Waals surface area contributed by atoms with Crippen LogP contribution >= 0.6 is 0 Å². The fraction of sp³-hybridized carbons (Fsp3) is 0.900. The van der Waals surface area contributed by atoms with E-state index in [9.17, 15) is 4.79 Å². The van der Waals surface area contributed by atoms with Crippen molar-refractivity contribution >= 4 is 5.91 Å². The van der Waals surface area contributed by atoms with Crippen LogP contribution in [0.25, 0.3) is 0 Å². The Morgan fingerprint density at radius 3 is 2.86 bits per heavy atom. The Morgan fingerprint density at radius 1 is 1.57 bits per heavy atom. The molecule has 2 N–H and O–H groups in total. The van der Waals surface area contributed by atoms with Gasteiger partial charge in [-0.1, -0.05) is 6.42 Å². The van der Waals surface area contributed by atoms with Crippen molar-refractivity contribution in [1.82, 2.24) is 9.80 Å². The van der Waals surface area contributed by atoms with Gasteiger partial charge in [0.25, 0.3) is 0 Å². The van der Waals surface area contributed by atoms with E-state index in [1.165, 1.54) is 19.3 Å². The second-order valence-electron chi connectivity index (χ2n) is 4.11. The van der Waals surface area contributed by atoms with E-state index in [1.54, 1.807) is 4.90 Å². The maximum Gasteiger partial charge on any atom is 0.236 e. The number of carbonyl (C=O) groups excluding carboxylic acids is 1. The van der Waals surface area contributed by atoms with Gasteiger partial charge in [-0.25, -0.2) is 0 Å². The van der Waals surface area contributed by atoms with E-state index in [-0.39, 0.29) is 12.5 Å². The number of likely N-dealkylation sites (tertiary alicyclic amines) is 1. The molecule has 0 saturated carbocycles. The van der Waals surface area contributed by atoms with Gasteiger partial charge in [0.2, 0.25) is 5.91 Å². The smallest absolute Gasteiger partial charge is 0.236 e. The average Bonchev–Trinajstić information content (AvgIpc) is 2.20. The third kappa shape index (κ3) is 2.96. The predicted octanol–water partition coefficient (Wildman–Crippen LogP) is -0.112. The van der Waals surface area contributed by atoms with Gasteiger partial charge in [-0.3, -0.25) is 4.79 Å². The zero-order chi connectivity index (χ0) is 10.6. The first-order valence-corrected chi connectivity index (χ1v) is 5.29. The number of carbonyl (C=O) groups is 1. The average molecular weight is 199 g/mol. The highest BCUT2D eigenvalue weighted by atomic mass is 16.2. The third-order valence-corrected chi connectivity index (χ3v) is 3.01. The molecule has 1 rings (SSSR count). The number of likely N-dealkylation sites (N-methyl/N-ethyl adjacent to an activating group) is 2. The lowest BCUT2D eigenvalue weighted by atomic mass is 10.0. The molecule has 1 fully saturated rings. The zero-order valence-electron chi connectivity index (χ0n) is 9.20. The first-order chi connectivity index (χ1) is 6.65. The van der Waals surface area contributed by atoms with Crippen LogP contribution in [0.4, 0.5) is 0 Å². The summed E-state index contributed by atoms with van der Waals surface area (Å²) in [5.74, 6) is 0.0315. The number of rotatable bonds is 3. The van der Waals surface area contributed by atoms with Crippen LogP contribution in [-0.4, -0.2) is 55.5 Å². The molecule has 82 valence electrons. The van der Waals surface area contributed by atoms with Gasteiger partial charge in [-0.15, -0.1) is 0 Å². The van der Waals surface area contributed by atoms with Crippen molar-refractivity contribution < 1.29 is 4.79 Å². The van der Waals surface area contributed by atoms with E-state index < -0.39 is 0 Å². The lowest BCUT2D eigenvalue weighted by Gasteiger charge is -2.35. The molecule has 0 aromatic rings. The van der Waals surface area contributed by atoms with Crippen LogP contribution in [0.3, 0.4) is 0 Å². The maximum absolute atomic E-state index is 11.3. The SMILES string of the molecule is CN(CC1CCCCN1C)C(=O)CN. The lowest BCUT2D eigenvalue weighted by Crippen LogP contribution is -2.46. The molecule has 0 aliphatic carbocycles. The van der Waals surface area contributed by atoms with Crippen LogP contribution in [0.1, 0.15) is 19.3 Å². The molecule has 4 heteroatoms. The molecule has 1 amide bonds. The molecular weight excluding hydrogens is 178 g/mol. The summed E-state index contributed by atoms with van der Waals surface area (Å²) in [6.45, 7) is 2.08.